The Balaban J connectivity index is 2.06. The molecule has 6 nitrogen and oxygen atoms in total. The zero-order valence-electron chi connectivity index (χ0n) is 10.9. The molecule has 1 saturated carbocycles. The second-order valence-corrected chi connectivity index (χ2v) is 4.83. The molecule has 18 heavy (non-hydrogen) atoms. The van der Waals surface area contributed by atoms with Gasteiger partial charge in [-0.2, -0.15) is 0 Å². The van der Waals surface area contributed by atoms with Crippen molar-refractivity contribution in [2.75, 3.05) is 7.11 Å². The van der Waals surface area contributed by atoms with E-state index in [9.17, 15) is 9.59 Å². The van der Waals surface area contributed by atoms with Crippen LogP contribution in [-0.2, 0) is 9.53 Å². The van der Waals surface area contributed by atoms with E-state index in [2.05, 4.69) is 10.6 Å². The average molecular weight is 258 g/mol. The summed E-state index contributed by atoms with van der Waals surface area (Å²) in [6.45, 7) is 1.88. The van der Waals surface area contributed by atoms with Gasteiger partial charge >= 0.3 is 12.0 Å². The Morgan fingerprint density at radius 3 is 2.67 bits per heavy atom. The predicted octanol–water partition coefficient (Wildman–Crippen LogP) is 1.11. The molecule has 1 unspecified atom stereocenters. The fraction of sp³-hybridized carbons (Fsp3) is 0.833. The Hall–Kier alpha value is -1.30. The summed E-state index contributed by atoms with van der Waals surface area (Å²) in [4.78, 5) is 21.9. The van der Waals surface area contributed by atoms with Crippen LogP contribution in [0, 0.1) is 0 Å². The number of nitrogens with one attached hydrogen (secondary N) is 2. The summed E-state index contributed by atoms with van der Waals surface area (Å²) in [5, 5.41) is 14.2. The van der Waals surface area contributed by atoms with Crippen LogP contribution in [-0.4, -0.2) is 42.4 Å². The molecule has 3 N–H and O–H groups in total. The fourth-order valence-electron chi connectivity index (χ4n) is 1.96. The number of urea groups is 1. The number of rotatable bonds is 7. The minimum Gasteiger partial charge on any atom is -0.481 e. The zero-order valence-corrected chi connectivity index (χ0v) is 10.9. The van der Waals surface area contributed by atoms with E-state index in [1.807, 2.05) is 6.92 Å². The Kier molecular flexibility index (Phi) is 5.91. The highest BCUT2D eigenvalue weighted by Gasteiger charge is 2.30. The molecule has 104 valence electrons. The van der Waals surface area contributed by atoms with Crippen LogP contribution in [0.15, 0.2) is 0 Å². The maximum Gasteiger partial charge on any atom is 0.315 e. The van der Waals surface area contributed by atoms with Crippen LogP contribution < -0.4 is 10.6 Å². The second kappa shape index (κ2) is 7.20. The largest absolute Gasteiger partial charge is 0.481 e. The predicted molar refractivity (Wildman–Crippen MR) is 66.4 cm³/mol. The summed E-state index contributed by atoms with van der Waals surface area (Å²) in [6.07, 6.45) is 3.38. The molecule has 6 heteroatoms. The molecule has 0 aromatic rings. The normalized spacial score (nSPS) is 23.9. The van der Waals surface area contributed by atoms with Crippen LogP contribution in [0.3, 0.4) is 0 Å². The number of ether oxygens (including phenoxy) is 1. The quantitative estimate of drug-likeness (QED) is 0.638. The van der Waals surface area contributed by atoms with Gasteiger partial charge in [-0.25, -0.2) is 4.79 Å². The van der Waals surface area contributed by atoms with Crippen LogP contribution in [0.2, 0.25) is 0 Å². The maximum absolute atomic E-state index is 11.6. The van der Waals surface area contributed by atoms with Gasteiger partial charge in [0.05, 0.1) is 6.10 Å². The van der Waals surface area contributed by atoms with E-state index in [0.29, 0.717) is 12.8 Å². The molecule has 0 aromatic carbocycles. The summed E-state index contributed by atoms with van der Waals surface area (Å²) in [7, 11) is 1.67. The molecule has 0 aromatic heterocycles. The summed E-state index contributed by atoms with van der Waals surface area (Å²) < 4.78 is 5.13. The lowest BCUT2D eigenvalue weighted by molar-refractivity contribution is -0.137. The number of carbonyl (C=O) groups excluding carboxylic acids is 1. The summed E-state index contributed by atoms with van der Waals surface area (Å²) >= 11 is 0. The molecule has 0 heterocycles. The van der Waals surface area contributed by atoms with Gasteiger partial charge in [0, 0.05) is 25.6 Å². The number of carboxylic acids is 1. The van der Waals surface area contributed by atoms with E-state index in [1.54, 1.807) is 7.11 Å². The maximum atomic E-state index is 11.6. The second-order valence-electron chi connectivity index (χ2n) is 4.83. The van der Waals surface area contributed by atoms with Crippen molar-refractivity contribution in [1.82, 2.24) is 10.6 Å². The van der Waals surface area contributed by atoms with Crippen molar-refractivity contribution in [3.05, 3.63) is 0 Å². The highest BCUT2D eigenvalue weighted by atomic mass is 16.5. The van der Waals surface area contributed by atoms with Crippen LogP contribution in [0.5, 0.6) is 0 Å². The van der Waals surface area contributed by atoms with Crippen molar-refractivity contribution in [3.8, 4) is 0 Å². The van der Waals surface area contributed by atoms with Crippen molar-refractivity contribution in [2.45, 2.75) is 57.2 Å². The Bertz CT molecular complexity index is 290. The number of methoxy groups -OCH3 is 1. The van der Waals surface area contributed by atoms with Crippen LogP contribution in [0.1, 0.15) is 39.0 Å². The number of hydrogen-bond acceptors (Lipinski definition) is 3. The van der Waals surface area contributed by atoms with Crippen LogP contribution in [0.4, 0.5) is 4.79 Å². The van der Waals surface area contributed by atoms with Crippen molar-refractivity contribution in [2.24, 2.45) is 0 Å². The Labute approximate surface area is 107 Å². The van der Waals surface area contributed by atoms with E-state index in [1.165, 1.54) is 0 Å². The first-order valence-corrected chi connectivity index (χ1v) is 6.33. The van der Waals surface area contributed by atoms with Gasteiger partial charge in [-0.05, 0) is 32.6 Å². The summed E-state index contributed by atoms with van der Waals surface area (Å²) in [5.41, 5.74) is 0. The monoisotopic (exact) mass is 258 g/mol. The smallest absolute Gasteiger partial charge is 0.315 e. The minimum absolute atomic E-state index is 0.0114. The summed E-state index contributed by atoms with van der Waals surface area (Å²) in [6, 6.07) is 0.00111. The van der Waals surface area contributed by atoms with Crippen LogP contribution in [0.25, 0.3) is 0 Å². The molecule has 1 rings (SSSR count). The molecular weight excluding hydrogens is 236 g/mol. The molecule has 0 spiro atoms. The Morgan fingerprint density at radius 1 is 1.44 bits per heavy atom. The zero-order chi connectivity index (χ0) is 13.5. The first kappa shape index (κ1) is 14.8. The molecule has 0 saturated heterocycles. The number of hydrogen-bond donors (Lipinski definition) is 3. The number of carbonyl (C=O) groups is 2. The third-order valence-corrected chi connectivity index (χ3v) is 3.17. The van der Waals surface area contributed by atoms with Gasteiger partial charge in [0.25, 0.3) is 0 Å². The topological polar surface area (TPSA) is 87.7 Å². The molecule has 0 radical (unpaired) electrons. The van der Waals surface area contributed by atoms with E-state index in [-0.39, 0.29) is 30.6 Å². The van der Waals surface area contributed by atoms with Gasteiger partial charge < -0.3 is 20.5 Å². The first-order valence-electron chi connectivity index (χ1n) is 6.33. The Morgan fingerprint density at radius 2 is 2.11 bits per heavy atom. The van der Waals surface area contributed by atoms with Crippen molar-refractivity contribution >= 4 is 12.0 Å². The molecular formula is C12H22N2O4. The van der Waals surface area contributed by atoms with Gasteiger partial charge in [-0.15, -0.1) is 0 Å². The highest BCUT2D eigenvalue weighted by molar-refractivity contribution is 5.74. The SMILES string of the molecule is COC1CC(NC(=O)NC(C)CCCC(=O)O)C1. The molecule has 1 aliphatic carbocycles. The van der Waals surface area contributed by atoms with Crippen molar-refractivity contribution < 1.29 is 19.4 Å². The minimum atomic E-state index is -0.799. The lowest BCUT2D eigenvalue weighted by atomic mass is 9.89. The van der Waals surface area contributed by atoms with Gasteiger partial charge in [0.1, 0.15) is 0 Å². The molecule has 1 fully saturated rings. The van der Waals surface area contributed by atoms with E-state index in [0.717, 1.165) is 12.8 Å². The standard InChI is InChI=1S/C12H22N2O4/c1-8(4-3-5-11(15)16)13-12(17)14-9-6-10(7-9)18-2/h8-10H,3-7H2,1-2H3,(H,15,16)(H2,13,14,17). The van der Waals surface area contributed by atoms with Crippen LogP contribution >= 0.6 is 0 Å². The highest BCUT2D eigenvalue weighted by Crippen LogP contribution is 2.22. The van der Waals surface area contributed by atoms with Gasteiger partial charge in [0.15, 0.2) is 0 Å². The van der Waals surface area contributed by atoms with E-state index in [4.69, 9.17) is 9.84 Å². The van der Waals surface area contributed by atoms with E-state index >= 15 is 0 Å². The molecule has 2 amide bonds. The van der Waals surface area contributed by atoms with Gasteiger partial charge in [0.2, 0.25) is 0 Å². The summed E-state index contributed by atoms with van der Waals surface area (Å²) in [5.74, 6) is -0.799. The van der Waals surface area contributed by atoms with Gasteiger partial charge in [-0.3, -0.25) is 4.79 Å². The molecule has 0 aliphatic heterocycles. The number of amides is 2. The average Bonchev–Trinajstić information content (AvgIpc) is 2.22. The van der Waals surface area contributed by atoms with Gasteiger partial charge in [-0.1, -0.05) is 0 Å². The van der Waals surface area contributed by atoms with Crippen molar-refractivity contribution in [3.63, 3.8) is 0 Å². The lowest BCUT2D eigenvalue weighted by Gasteiger charge is -2.34. The third kappa shape index (κ3) is 5.35. The first-order chi connectivity index (χ1) is 8.51. The van der Waals surface area contributed by atoms with Crippen molar-refractivity contribution in [1.29, 1.82) is 0 Å². The lowest BCUT2D eigenvalue weighted by Crippen LogP contribution is -2.52. The van der Waals surface area contributed by atoms with E-state index < -0.39 is 5.97 Å². The third-order valence-electron chi connectivity index (χ3n) is 3.17. The molecule has 0 bridgehead atoms. The molecule has 1 aliphatic rings. The number of carboxylic acid groups (broad SMARTS) is 1. The number of aliphatic carboxylic acids is 1. The molecule has 1 atom stereocenters. The fourth-order valence-corrected chi connectivity index (χ4v) is 1.96.